The van der Waals surface area contributed by atoms with Crippen LogP contribution >= 0.6 is 0 Å². The van der Waals surface area contributed by atoms with Crippen molar-refractivity contribution in [1.29, 1.82) is 0 Å². The monoisotopic (exact) mass is 219 g/mol. The lowest BCUT2D eigenvalue weighted by Gasteiger charge is -2.01. The molecule has 0 aliphatic carbocycles. The largest absolute Gasteiger partial charge is 0.491 e. The topological polar surface area (TPSA) is 56.3 Å². The zero-order chi connectivity index (χ0) is 11.7. The summed E-state index contributed by atoms with van der Waals surface area (Å²) in [5.41, 5.74) is 0.891. The van der Waals surface area contributed by atoms with E-state index in [4.69, 9.17) is 4.74 Å². The second kappa shape index (κ2) is 3.77. The number of non-ortho nitro benzene ring substituents is 1. The molecule has 0 bridgehead atoms. The SMILES string of the molecule is COc1cc2c([N+](=O)[O-])cccc2[n+](C)c1. The smallest absolute Gasteiger partial charge is 0.283 e. The quantitative estimate of drug-likeness (QED) is 0.437. The van der Waals surface area contributed by atoms with Gasteiger partial charge in [-0.15, -0.1) is 0 Å². The summed E-state index contributed by atoms with van der Waals surface area (Å²) in [5.74, 6) is 0.601. The number of fused-ring (bicyclic) bond motifs is 1. The summed E-state index contributed by atoms with van der Waals surface area (Å²) in [5, 5.41) is 11.5. The minimum absolute atomic E-state index is 0.0898. The van der Waals surface area contributed by atoms with Gasteiger partial charge in [0.1, 0.15) is 12.4 Å². The van der Waals surface area contributed by atoms with Crippen molar-refractivity contribution in [2.45, 2.75) is 0 Å². The number of hydrogen-bond donors (Lipinski definition) is 0. The molecule has 0 aliphatic rings. The molecule has 0 aliphatic heterocycles. The fourth-order valence-corrected chi connectivity index (χ4v) is 1.71. The van der Waals surface area contributed by atoms with Crippen LogP contribution in [-0.4, -0.2) is 12.0 Å². The highest BCUT2D eigenvalue weighted by Gasteiger charge is 2.18. The first-order valence-electron chi connectivity index (χ1n) is 4.74. The summed E-state index contributed by atoms with van der Waals surface area (Å²) in [6, 6.07) is 6.67. The number of hydrogen-bond acceptors (Lipinski definition) is 3. The second-order valence-electron chi connectivity index (χ2n) is 3.46. The van der Waals surface area contributed by atoms with Crippen LogP contribution in [0.15, 0.2) is 30.5 Å². The first-order valence-corrected chi connectivity index (χ1v) is 4.74. The average Bonchev–Trinajstić information content (AvgIpc) is 2.28. The highest BCUT2D eigenvalue weighted by molar-refractivity contribution is 5.86. The van der Waals surface area contributed by atoms with Gasteiger partial charge in [0.15, 0.2) is 5.75 Å². The summed E-state index contributed by atoms with van der Waals surface area (Å²) in [6.07, 6.45) is 1.78. The van der Waals surface area contributed by atoms with Gasteiger partial charge in [0.25, 0.3) is 5.69 Å². The maximum Gasteiger partial charge on any atom is 0.283 e. The van der Waals surface area contributed by atoms with Crippen LogP contribution in [0.1, 0.15) is 0 Å². The molecule has 16 heavy (non-hydrogen) atoms. The normalized spacial score (nSPS) is 10.4. The molecule has 0 amide bonds. The maximum absolute atomic E-state index is 10.9. The lowest BCUT2D eigenvalue weighted by molar-refractivity contribution is -0.645. The summed E-state index contributed by atoms with van der Waals surface area (Å²) in [4.78, 5) is 10.5. The highest BCUT2D eigenvalue weighted by atomic mass is 16.6. The number of nitro benzene ring substituents is 1. The van der Waals surface area contributed by atoms with Crippen molar-refractivity contribution in [3.8, 4) is 5.75 Å². The van der Waals surface area contributed by atoms with Crippen molar-refractivity contribution in [3.05, 3.63) is 40.6 Å². The standard InChI is InChI=1S/C11H11N2O3/c1-12-7-8(16-2)6-9-10(12)4-3-5-11(9)13(14)15/h3-7H,1-2H3/q+1. The third-order valence-electron chi connectivity index (χ3n) is 2.48. The molecule has 2 rings (SSSR count). The Bertz CT molecular complexity index is 566. The fraction of sp³-hybridized carbons (Fsp3) is 0.182. The highest BCUT2D eigenvalue weighted by Crippen LogP contribution is 2.25. The van der Waals surface area contributed by atoms with Crippen molar-refractivity contribution in [2.24, 2.45) is 7.05 Å². The van der Waals surface area contributed by atoms with E-state index in [-0.39, 0.29) is 10.6 Å². The minimum Gasteiger partial charge on any atom is -0.491 e. The van der Waals surface area contributed by atoms with Gasteiger partial charge in [0.2, 0.25) is 11.7 Å². The van der Waals surface area contributed by atoms with E-state index in [0.29, 0.717) is 11.1 Å². The van der Waals surface area contributed by atoms with E-state index < -0.39 is 0 Å². The Balaban J connectivity index is 2.85. The third kappa shape index (κ3) is 1.56. The second-order valence-corrected chi connectivity index (χ2v) is 3.46. The molecule has 82 valence electrons. The number of methoxy groups -OCH3 is 1. The van der Waals surface area contributed by atoms with Crippen molar-refractivity contribution >= 4 is 16.6 Å². The third-order valence-corrected chi connectivity index (χ3v) is 2.48. The molecule has 0 N–H and O–H groups in total. The molecule has 0 fully saturated rings. The molecule has 2 aromatic rings. The zero-order valence-electron chi connectivity index (χ0n) is 9.01. The van der Waals surface area contributed by atoms with Gasteiger partial charge in [0, 0.05) is 18.2 Å². The molecule has 5 nitrogen and oxygen atoms in total. The Hall–Kier alpha value is -2.17. The van der Waals surface area contributed by atoms with E-state index in [2.05, 4.69) is 0 Å². The summed E-state index contributed by atoms with van der Waals surface area (Å²) >= 11 is 0. The van der Waals surface area contributed by atoms with Gasteiger partial charge >= 0.3 is 0 Å². The van der Waals surface area contributed by atoms with Crippen LogP contribution in [0, 0.1) is 10.1 Å². The van der Waals surface area contributed by atoms with E-state index in [1.165, 1.54) is 13.2 Å². The van der Waals surface area contributed by atoms with Gasteiger partial charge in [0.05, 0.1) is 12.0 Å². The van der Waals surface area contributed by atoms with Crippen molar-refractivity contribution in [1.82, 2.24) is 0 Å². The van der Waals surface area contributed by atoms with Gasteiger partial charge in [-0.3, -0.25) is 10.1 Å². The molecule has 1 aromatic heterocycles. The number of aryl methyl sites for hydroxylation is 1. The summed E-state index contributed by atoms with van der Waals surface area (Å²) in [6.45, 7) is 0. The Morgan fingerprint density at radius 1 is 1.44 bits per heavy atom. The minimum atomic E-state index is -0.387. The van der Waals surface area contributed by atoms with Crippen LogP contribution < -0.4 is 9.30 Å². The van der Waals surface area contributed by atoms with E-state index in [1.54, 1.807) is 22.9 Å². The molecule has 0 saturated heterocycles. The van der Waals surface area contributed by atoms with Crippen LogP contribution in [0.2, 0.25) is 0 Å². The Labute approximate surface area is 92.0 Å². The number of pyridine rings is 1. The van der Waals surface area contributed by atoms with Gasteiger partial charge in [-0.2, -0.15) is 4.57 Å². The summed E-state index contributed by atoms with van der Waals surface area (Å²) in [7, 11) is 3.37. The van der Waals surface area contributed by atoms with Gasteiger partial charge in [-0.1, -0.05) is 0 Å². The molecule has 0 saturated carbocycles. The lowest BCUT2D eigenvalue weighted by atomic mass is 10.2. The van der Waals surface area contributed by atoms with Crippen LogP contribution in [-0.2, 0) is 7.05 Å². The number of benzene rings is 1. The van der Waals surface area contributed by atoms with E-state index in [0.717, 1.165) is 5.52 Å². The number of nitro groups is 1. The zero-order valence-corrected chi connectivity index (χ0v) is 9.01. The Morgan fingerprint density at radius 2 is 2.19 bits per heavy atom. The van der Waals surface area contributed by atoms with Crippen molar-refractivity contribution < 1.29 is 14.2 Å². The Kier molecular flexibility index (Phi) is 2.44. The van der Waals surface area contributed by atoms with Crippen LogP contribution in [0.5, 0.6) is 5.75 Å². The molecule has 0 atom stereocenters. The number of ether oxygens (including phenoxy) is 1. The van der Waals surface area contributed by atoms with E-state index in [9.17, 15) is 10.1 Å². The molecular formula is C11H11N2O3+. The van der Waals surface area contributed by atoms with Gasteiger partial charge < -0.3 is 4.74 Å². The molecule has 5 heteroatoms. The molecular weight excluding hydrogens is 208 g/mol. The number of nitrogens with zero attached hydrogens (tertiary/aromatic N) is 2. The first kappa shape index (κ1) is 10.4. The maximum atomic E-state index is 10.9. The first-order chi connectivity index (χ1) is 7.63. The van der Waals surface area contributed by atoms with Gasteiger partial charge in [-0.25, -0.2) is 0 Å². The number of rotatable bonds is 2. The van der Waals surface area contributed by atoms with Crippen LogP contribution in [0.25, 0.3) is 10.9 Å². The van der Waals surface area contributed by atoms with Crippen LogP contribution in [0.3, 0.4) is 0 Å². The molecule has 0 radical (unpaired) electrons. The predicted molar refractivity (Wildman–Crippen MR) is 58.3 cm³/mol. The average molecular weight is 219 g/mol. The van der Waals surface area contributed by atoms with Crippen LogP contribution in [0.4, 0.5) is 5.69 Å². The molecule has 1 heterocycles. The number of aromatic nitrogens is 1. The van der Waals surface area contributed by atoms with E-state index in [1.807, 2.05) is 13.1 Å². The van der Waals surface area contributed by atoms with E-state index >= 15 is 0 Å². The molecule has 0 spiro atoms. The van der Waals surface area contributed by atoms with Gasteiger partial charge in [-0.05, 0) is 6.07 Å². The lowest BCUT2D eigenvalue weighted by Crippen LogP contribution is -2.28. The molecule has 1 aromatic carbocycles. The van der Waals surface area contributed by atoms with Crippen molar-refractivity contribution in [3.63, 3.8) is 0 Å². The predicted octanol–water partition coefficient (Wildman–Crippen LogP) is 1.58. The molecule has 0 unspecified atom stereocenters. The summed E-state index contributed by atoms with van der Waals surface area (Å²) < 4.78 is 6.90. The Morgan fingerprint density at radius 3 is 2.81 bits per heavy atom. The fourth-order valence-electron chi connectivity index (χ4n) is 1.71. The van der Waals surface area contributed by atoms with Crippen molar-refractivity contribution in [2.75, 3.05) is 7.11 Å².